The van der Waals surface area contributed by atoms with E-state index in [2.05, 4.69) is 18.7 Å². The van der Waals surface area contributed by atoms with Gasteiger partial charge in [0, 0.05) is 11.6 Å². The summed E-state index contributed by atoms with van der Waals surface area (Å²) in [5.41, 5.74) is 2.06. The molecule has 0 amide bonds. The van der Waals surface area contributed by atoms with Crippen LogP contribution in [0.1, 0.15) is 54.9 Å². The molecule has 104 valence electrons. The highest BCUT2D eigenvalue weighted by Gasteiger charge is 2.21. The zero-order valence-corrected chi connectivity index (χ0v) is 12.2. The summed E-state index contributed by atoms with van der Waals surface area (Å²) in [6, 6.07) is 8.55. The number of Topliss-reactive ketones (excluding diaryl/α,β-unsaturated/α-hetero) is 1. The Labute approximate surface area is 116 Å². The van der Waals surface area contributed by atoms with Crippen molar-refractivity contribution in [3.05, 3.63) is 35.4 Å². The van der Waals surface area contributed by atoms with Crippen molar-refractivity contribution in [2.45, 2.75) is 52.0 Å². The molecule has 2 heteroatoms. The third-order valence-electron chi connectivity index (χ3n) is 4.19. The quantitative estimate of drug-likeness (QED) is 0.766. The second-order valence-corrected chi connectivity index (χ2v) is 5.67. The number of nitrogens with zero attached hydrogens (tertiary/aromatic N) is 1. The van der Waals surface area contributed by atoms with Gasteiger partial charge in [0.05, 0.1) is 6.54 Å². The average Bonchev–Trinajstić information content (AvgIpc) is 2.64. The molecule has 0 aromatic heterocycles. The second kappa shape index (κ2) is 6.85. The van der Waals surface area contributed by atoms with Gasteiger partial charge in [0.25, 0.3) is 0 Å². The molecule has 0 spiro atoms. The number of carbonyl (C=O) groups is 1. The normalized spacial score (nSPS) is 21.1. The number of ketones is 1. The minimum absolute atomic E-state index is 0.264. The number of hydrogen-bond donors (Lipinski definition) is 0. The van der Waals surface area contributed by atoms with E-state index in [0.717, 1.165) is 18.5 Å². The van der Waals surface area contributed by atoms with Crippen molar-refractivity contribution in [3.8, 4) is 0 Å². The fraction of sp³-hybridized carbons (Fsp3) is 0.588. The number of likely N-dealkylation sites (tertiary alicyclic amines) is 1. The topological polar surface area (TPSA) is 20.3 Å². The van der Waals surface area contributed by atoms with E-state index in [0.29, 0.717) is 12.6 Å². The Kier molecular flexibility index (Phi) is 5.15. The van der Waals surface area contributed by atoms with E-state index in [1.165, 1.54) is 31.2 Å². The Morgan fingerprint density at radius 1 is 1.21 bits per heavy atom. The zero-order valence-electron chi connectivity index (χ0n) is 12.2. The van der Waals surface area contributed by atoms with Crippen molar-refractivity contribution in [1.29, 1.82) is 0 Å². The van der Waals surface area contributed by atoms with Gasteiger partial charge in [-0.1, -0.05) is 49.6 Å². The summed E-state index contributed by atoms with van der Waals surface area (Å²) in [5, 5.41) is 0. The fourth-order valence-corrected chi connectivity index (χ4v) is 2.92. The summed E-state index contributed by atoms with van der Waals surface area (Å²) in [6.07, 6.45) is 6.26. The number of aryl methyl sites for hydroxylation is 1. The van der Waals surface area contributed by atoms with Gasteiger partial charge in [-0.15, -0.1) is 0 Å². The molecule has 0 radical (unpaired) electrons. The van der Waals surface area contributed by atoms with Crippen molar-refractivity contribution in [3.63, 3.8) is 0 Å². The van der Waals surface area contributed by atoms with Gasteiger partial charge in [-0.25, -0.2) is 0 Å². The standard InChI is InChI=1S/C17H25NO/c1-3-16-7-5-4-6-12-18(16)13-17(19)15-10-8-14(2)9-11-15/h8-11,16H,3-7,12-13H2,1-2H3. The van der Waals surface area contributed by atoms with Crippen LogP contribution in [0.4, 0.5) is 0 Å². The number of benzene rings is 1. The predicted molar refractivity (Wildman–Crippen MR) is 79.6 cm³/mol. The van der Waals surface area contributed by atoms with Crippen LogP contribution in [-0.4, -0.2) is 29.8 Å². The number of carbonyl (C=O) groups excluding carboxylic acids is 1. The van der Waals surface area contributed by atoms with Crippen LogP contribution in [0, 0.1) is 6.92 Å². The monoisotopic (exact) mass is 259 g/mol. The summed E-state index contributed by atoms with van der Waals surface area (Å²) < 4.78 is 0. The van der Waals surface area contributed by atoms with Crippen molar-refractivity contribution in [1.82, 2.24) is 4.90 Å². The molecule has 1 aliphatic heterocycles. The van der Waals surface area contributed by atoms with Crippen molar-refractivity contribution >= 4 is 5.78 Å². The molecular formula is C17H25NO. The van der Waals surface area contributed by atoms with E-state index in [1.54, 1.807) is 0 Å². The maximum Gasteiger partial charge on any atom is 0.176 e. The van der Waals surface area contributed by atoms with E-state index < -0.39 is 0 Å². The van der Waals surface area contributed by atoms with Gasteiger partial charge in [0.2, 0.25) is 0 Å². The third kappa shape index (κ3) is 3.90. The summed E-state index contributed by atoms with van der Waals surface area (Å²) in [6.45, 7) is 5.95. The lowest BCUT2D eigenvalue weighted by Gasteiger charge is -2.28. The van der Waals surface area contributed by atoms with E-state index in [9.17, 15) is 4.79 Å². The van der Waals surface area contributed by atoms with Crippen molar-refractivity contribution < 1.29 is 4.79 Å². The fourth-order valence-electron chi connectivity index (χ4n) is 2.92. The summed E-state index contributed by atoms with van der Waals surface area (Å²) in [7, 11) is 0. The van der Waals surface area contributed by atoms with Gasteiger partial charge in [0.1, 0.15) is 0 Å². The molecule has 1 heterocycles. The highest BCUT2D eigenvalue weighted by atomic mass is 16.1. The highest BCUT2D eigenvalue weighted by molar-refractivity contribution is 5.97. The summed E-state index contributed by atoms with van der Waals surface area (Å²) in [4.78, 5) is 14.8. The maximum absolute atomic E-state index is 12.4. The molecule has 0 N–H and O–H groups in total. The summed E-state index contributed by atoms with van der Waals surface area (Å²) >= 11 is 0. The molecule has 0 bridgehead atoms. The number of rotatable bonds is 4. The zero-order chi connectivity index (χ0) is 13.7. The molecule has 19 heavy (non-hydrogen) atoms. The first kappa shape index (κ1) is 14.3. The Hall–Kier alpha value is -1.15. The van der Waals surface area contributed by atoms with E-state index >= 15 is 0 Å². The molecule has 1 unspecified atom stereocenters. The maximum atomic E-state index is 12.4. The third-order valence-corrected chi connectivity index (χ3v) is 4.19. The SMILES string of the molecule is CCC1CCCCCN1CC(=O)c1ccc(C)cc1. The highest BCUT2D eigenvalue weighted by Crippen LogP contribution is 2.19. The second-order valence-electron chi connectivity index (χ2n) is 5.67. The van der Waals surface area contributed by atoms with Crippen LogP contribution in [0.25, 0.3) is 0 Å². The number of hydrogen-bond acceptors (Lipinski definition) is 2. The molecule has 1 fully saturated rings. The lowest BCUT2D eigenvalue weighted by Crippen LogP contribution is -2.38. The molecule has 1 atom stereocenters. The Morgan fingerprint density at radius 3 is 2.63 bits per heavy atom. The smallest absolute Gasteiger partial charge is 0.176 e. The van der Waals surface area contributed by atoms with Crippen LogP contribution in [0.3, 0.4) is 0 Å². The molecule has 1 aliphatic rings. The first-order chi connectivity index (χ1) is 9.20. The molecule has 1 aromatic carbocycles. The molecule has 1 aromatic rings. The van der Waals surface area contributed by atoms with Crippen molar-refractivity contribution in [2.75, 3.05) is 13.1 Å². The van der Waals surface area contributed by atoms with Crippen LogP contribution in [-0.2, 0) is 0 Å². The van der Waals surface area contributed by atoms with Crippen LogP contribution in [0.2, 0.25) is 0 Å². The van der Waals surface area contributed by atoms with Gasteiger partial charge in [-0.3, -0.25) is 9.69 Å². The minimum Gasteiger partial charge on any atom is -0.293 e. The van der Waals surface area contributed by atoms with Crippen LogP contribution in [0.5, 0.6) is 0 Å². The van der Waals surface area contributed by atoms with E-state index in [1.807, 2.05) is 24.3 Å². The van der Waals surface area contributed by atoms with Gasteiger partial charge >= 0.3 is 0 Å². The molecular weight excluding hydrogens is 234 g/mol. The van der Waals surface area contributed by atoms with Crippen LogP contribution in [0.15, 0.2) is 24.3 Å². The van der Waals surface area contributed by atoms with E-state index in [4.69, 9.17) is 0 Å². The Bertz CT molecular complexity index is 410. The molecule has 2 nitrogen and oxygen atoms in total. The Morgan fingerprint density at radius 2 is 1.95 bits per heavy atom. The molecule has 2 rings (SSSR count). The molecule has 1 saturated heterocycles. The van der Waals surface area contributed by atoms with Gasteiger partial charge in [-0.2, -0.15) is 0 Å². The van der Waals surface area contributed by atoms with Crippen LogP contribution < -0.4 is 0 Å². The van der Waals surface area contributed by atoms with Crippen molar-refractivity contribution in [2.24, 2.45) is 0 Å². The van der Waals surface area contributed by atoms with Gasteiger partial charge in [-0.05, 0) is 32.7 Å². The lowest BCUT2D eigenvalue weighted by molar-refractivity contribution is 0.0890. The lowest BCUT2D eigenvalue weighted by atomic mass is 10.1. The summed E-state index contributed by atoms with van der Waals surface area (Å²) in [5.74, 6) is 0.264. The van der Waals surface area contributed by atoms with Gasteiger partial charge in [0.15, 0.2) is 5.78 Å². The first-order valence-corrected chi connectivity index (χ1v) is 7.54. The Balaban J connectivity index is 2.01. The predicted octanol–water partition coefficient (Wildman–Crippen LogP) is 3.83. The van der Waals surface area contributed by atoms with Gasteiger partial charge < -0.3 is 0 Å². The van der Waals surface area contributed by atoms with E-state index in [-0.39, 0.29) is 5.78 Å². The molecule has 0 saturated carbocycles. The minimum atomic E-state index is 0.264. The average molecular weight is 259 g/mol. The largest absolute Gasteiger partial charge is 0.293 e. The first-order valence-electron chi connectivity index (χ1n) is 7.54. The van der Waals surface area contributed by atoms with Crippen LogP contribution >= 0.6 is 0 Å². The molecule has 0 aliphatic carbocycles.